The molecule has 1 saturated carbocycles. The summed E-state index contributed by atoms with van der Waals surface area (Å²) in [5.74, 6) is 1.76. The van der Waals surface area contributed by atoms with Gasteiger partial charge < -0.3 is 9.47 Å². The van der Waals surface area contributed by atoms with Gasteiger partial charge in [0, 0.05) is 36.9 Å². The Balaban J connectivity index is 1.35. The van der Waals surface area contributed by atoms with Gasteiger partial charge in [0.15, 0.2) is 11.5 Å². The van der Waals surface area contributed by atoms with Gasteiger partial charge in [-0.15, -0.1) is 0 Å². The van der Waals surface area contributed by atoms with Crippen LogP contribution in [0.15, 0.2) is 36.5 Å². The summed E-state index contributed by atoms with van der Waals surface area (Å²) in [6.07, 6.45) is 10.7. The van der Waals surface area contributed by atoms with E-state index in [4.69, 9.17) is 9.47 Å². The minimum absolute atomic E-state index is 0.353. The summed E-state index contributed by atoms with van der Waals surface area (Å²) in [6, 6.07) is 11.9. The fourth-order valence-electron chi connectivity index (χ4n) is 5.18. The average Bonchev–Trinajstić information content (AvgIpc) is 3.30. The summed E-state index contributed by atoms with van der Waals surface area (Å²) in [6.45, 7) is 0.962. The largest absolute Gasteiger partial charge is 0.493 e. The molecule has 0 amide bonds. The van der Waals surface area contributed by atoms with E-state index >= 15 is 0 Å². The molecule has 4 heteroatoms. The van der Waals surface area contributed by atoms with Crippen LogP contribution in [0.5, 0.6) is 11.5 Å². The number of fused-ring (bicyclic) bond motifs is 4. The molecule has 2 bridgehead atoms. The first-order valence-corrected chi connectivity index (χ1v) is 10.3. The molecule has 2 fully saturated rings. The van der Waals surface area contributed by atoms with Crippen molar-refractivity contribution in [3.05, 3.63) is 53.3 Å². The normalized spacial score (nSPS) is 24.8. The van der Waals surface area contributed by atoms with Crippen LogP contribution in [0.25, 0.3) is 0 Å². The van der Waals surface area contributed by atoms with E-state index in [1.54, 1.807) is 7.11 Å². The SMILES string of the molecule is COc1cc(CN2C3CCC2c2cccnc2C3)ccc1OC1CCCC1. The van der Waals surface area contributed by atoms with Crippen molar-refractivity contribution in [2.24, 2.45) is 0 Å². The Morgan fingerprint density at radius 3 is 2.81 bits per heavy atom. The van der Waals surface area contributed by atoms with Crippen molar-refractivity contribution in [2.45, 2.75) is 69.7 Å². The van der Waals surface area contributed by atoms with Crippen LogP contribution in [0.3, 0.4) is 0 Å². The quantitative estimate of drug-likeness (QED) is 0.772. The van der Waals surface area contributed by atoms with Crippen LogP contribution in [0.4, 0.5) is 0 Å². The lowest BCUT2D eigenvalue weighted by molar-refractivity contribution is 0.166. The molecule has 27 heavy (non-hydrogen) atoms. The van der Waals surface area contributed by atoms with Crippen LogP contribution in [-0.2, 0) is 13.0 Å². The summed E-state index contributed by atoms with van der Waals surface area (Å²) in [7, 11) is 1.74. The number of nitrogens with zero attached hydrogens (tertiary/aromatic N) is 2. The van der Waals surface area contributed by atoms with Crippen LogP contribution in [0, 0.1) is 0 Å². The molecule has 2 aliphatic heterocycles. The van der Waals surface area contributed by atoms with Crippen molar-refractivity contribution in [1.82, 2.24) is 9.88 Å². The Morgan fingerprint density at radius 2 is 1.96 bits per heavy atom. The van der Waals surface area contributed by atoms with Crippen LogP contribution in [0.1, 0.15) is 61.4 Å². The molecular weight excluding hydrogens is 336 g/mol. The molecular formula is C23H28N2O2. The van der Waals surface area contributed by atoms with Crippen molar-refractivity contribution in [3.63, 3.8) is 0 Å². The van der Waals surface area contributed by atoms with Gasteiger partial charge in [-0.2, -0.15) is 0 Å². The van der Waals surface area contributed by atoms with Gasteiger partial charge in [0.1, 0.15) is 0 Å². The van der Waals surface area contributed by atoms with Gasteiger partial charge in [-0.1, -0.05) is 12.1 Å². The van der Waals surface area contributed by atoms with Crippen molar-refractivity contribution < 1.29 is 9.47 Å². The summed E-state index contributed by atoms with van der Waals surface area (Å²) < 4.78 is 11.9. The third kappa shape index (κ3) is 3.20. The fraction of sp³-hybridized carbons (Fsp3) is 0.522. The lowest BCUT2D eigenvalue weighted by atomic mass is 9.97. The first-order chi connectivity index (χ1) is 13.3. The summed E-state index contributed by atoms with van der Waals surface area (Å²) >= 11 is 0. The second kappa shape index (κ2) is 7.16. The maximum atomic E-state index is 6.20. The number of hydrogen-bond donors (Lipinski definition) is 0. The van der Waals surface area contributed by atoms with Crippen LogP contribution in [0.2, 0.25) is 0 Å². The molecule has 0 radical (unpaired) electrons. The highest BCUT2D eigenvalue weighted by atomic mass is 16.5. The van der Waals surface area contributed by atoms with E-state index < -0.39 is 0 Å². The molecule has 1 saturated heterocycles. The summed E-state index contributed by atoms with van der Waals surface area (Å²) in [4.78, 5) is 7.29. The topological polar surface area (TPSA) is 34.6 Å². The van der Waals surface area contributed by atoms with E-state index in [1.807, 2.05) is 6.20 Å². The first kappa shape index (κ1) is 17.1. The number of pyridine rings is 1. The monoisotopic (exact) mass is 364 g/mol. The van der Waals surface area contributed by atoms with Crippen molar-refractivity contribution in [1.29, 1.82) is 0 Å². The van der Waals surface area contributed by atoms with E-state index in [9.17, 15) is 0 Å². The Bertz CT molecular complexity index is 816. The van der Waals surface area contributed by atoms with Gasteiger partial charge in [-0.05, 0) is 67.9 Å². The molecule has 3 aliphatic rings. The van der Waals surface area contributed by atoms with Crippen molar-refractivity contribution >= 4 is 0 Å². The van der Waals surface area contributed by atoms with E-state index in [2.05, 4.69) is 40.2 Å². The van der Waals surface area contributed by atoms with E-state index in [0.29, 0.717) is 18.2 Å². The van der Waals surface area contributed by atoms with Crippen molar-refractivity contribution in [2.75, 3.05) is 7.11 Å². The van der Waals surface area contributed by atoms with Crippen LogP contribution >= 0.6 is 0 Å². The highest BCUT2D eigenvalue weighted by Gasteiger charge is 2.40. The van der Waals surface area contributed by atoms with Gasteiger partial charge in [-0.3, -0.25) is 9.88 Å². The third-order valence-corrected chi connectivity index (χ3v) is 6.55. The first-order valence-electron chi connectivity index (χ1n) is 10.3. The second-order valence-electron chi connectivity index (χ2n) is 8.17. The second-order valence-corrected chi connectivity index (χ2v) is 8.17. The smallest absolute Gasteiger partial charge is 0.161 e. The van der Waals surface area contributed by atoms with Crippen LogP contribution in [-0.4, -0.2) is 29.1 Å². The molecule has 2 aromatic rings. The number of rotatable bonds is 5. The number of methoxy groups -OCH3 is 1. The molecule has 0 spiro atoms. The predicted octanol–water partition coefficient (Wildman–Crippen LogP) is 4.67. The van der Waals surface area contributed by atoms with Crippen molar-refractivity contribution in [3.8, 4) is 11.5 Å². The molecule has 5 rings (SSSR count). The van der Waals surface area contributed by atoms with Gasteiger partial charge >= 0.3 is 0 Å². The zero-order valence-corrected chi connectivity index (χ0v) is 16.1. The summed E-state index contributed by atoms with van der Waals surface area (Å²) in [5.41, 5.74) is 4.04. The van der Waals surface area contributed by atoms with E-state index in [0.717, 1.165) is 37.3 Å². The Kier molecular flexibility index (Phi) is 4.52. The zero-order valence-electron chi connectivity index (χ0n) is 16.1. The predicted molar refractivity (Wildman–Crippen MR) is 105 cm³/mol. The standard InChI is InChI=1S/C23H28N2O2/c1-26-23-13-16(8-11-22(23)27-18-5-2-3-6-18)15-25-17-9-10-21(25)19-7-4-12-24-20(19)14-17/h4,7-8,11-13,17-18,21H,2-3,5-6,9-10,14-15H2,1H3. The lowest BCUT2D eigenvalue weighted by Crippen LogP contribution is -2.37. The minimum Gasteiger partial charge on any atom is -0.493 e. The highest BCUT2D eigenvalue weighted by Crippen LogP contribution is 2.44. The summed E-state index contributed by atoms with van der Waals surface area (Å²) in [5, 5.41) is 0. The average molecular weight is 364 g/mol. The molecule has 1 aliphatic carbocycles. The molecule has 2 atom stereocenters. The molecule has 1 aromatic carbocycles. The number of ether oxygens (including phenoxy) is 2. The highest BCUT2D eigenvalue weighted by molar-refractivity contribution is 5.43. The number of hydrogen-bond acceptors (Lipinski definition) is 4. The molecule has 2 unspecified atom stereocenters. The van der Waals surface area contributed by atoms with Gasteiger partial charge in [0.2, 0.25) is 0 Å². The third-order valence-electron chi connectivity index (χ3n) is 6.55. The molecule has 1 aromatic heterocycles. The fourth-order valence-corrected chi connectivity index (χ4v) is 5.18. The van der Waals surface area contributed by atoms with E-state index in [-0.39, 0.29) is 0 Å². The molecule has 142 valence electrons. The Hall–Kier alpha value is -2.07. The Labute approximate surface area is 161 Å². The maximum absolute atomic E-state index is 6.20. The molecule has 0 N–H and O–H groups in total. The van der Waals surface area contributed by atoms with Crippen LogP contribution < -0.4 is 9.47 Å². The Morgan fingerprint density at radius 1 is 1.07 bits per heavy atom. The number of benzene rings is 1. The maximum Gasteiger partial charge on any atom is 0.161 e. The van der Waals surface area contributed by atoms with E-state index in [1.165, 1.54) is 42.5 Å². The molecule has 4 nitrogen and oxygen atoms in total. The number of aromatic nitrogens is 1. The zero-order chi connectivity index (χ0) is 18.2. The van der Waals surface area contributed by atoms with Gasteiger partial charge in [0.25, 0.3) is 0 Å². The van der Waals surface area contributed by atoms with Gasteiger partial charge in [0.05, 0.1) is 13.2 Å². The lowest BCUT2D eigenvalue weighted by Gasteiger charge is -2.35. The minimum atomic E-state index is 0.353. The molecule has 3 heterocycles. The van der Waals surface area contributed by atoms with Gasteiger partial charge in [-0.25, -0.2) is 0 Å².